The van der Waals surface area contributed by atoms with Crippen LogP contribution in [-0.2, 0) is 7.05 Å². The highest BCUT2D eigenvalue weighted by Gasteiger charge is 2.08. The molecule has 0 unspecified atom stereocenters. The van der Waals surface area contributed by atoms with Crippen LogP contribution in [0.1, 0.15) is 0 Å². The Bertz CT molecular complexity index is 434. The molecular weight excluding hydrogens is 195 g/mol. The van der Waals surface area contributed by atoms with Crippen LogP contribution < -0.4 is 4.57 Å². The lowest BCUT2D eigenvalue weighted by Gasteiger charge is -1.92. The number of hydrogen-bond acceptors (Lipinski definition) is 0. The van der Waals surface area contributed by atoms with E-state index in [1.807, 2.05) is 30.1 Å². The number of rotatable bonds is 0. The number of imidazole rings is 1. The van der Waals surface area contributed by atoms with E-state index in [0.29, 0.717) is 10.0 Å². The molecule has 0 saturated carbocycles. The predicted octanol–water partition coefficient (Wildman–Crippen LogP) is 2.30. The molecule has 0 bridgehead atoms. The number of nitrogens with zero attached hydrogens (tertiary/aromatic N) is 1. The Morgan fingerprint density at radius 3 is 2.67 bits per heavy atom. The maximum absolute atomic E-state index is 5.86. The van der Waals surface area contributed by atoms with Crippen molar-refractivity contribution in [2.45, 2.75) is 0 Å². The van der Waals surface area contributed by atoms with Gasteiger partial charge in [-0.25, -0.2) is 9.55 Å². The number of halogens is 2. The maximum Gasteiger partial charge on any atom is 0.242 e. The van der Waals surface area contributed by atoms with Crippen LogP contribution in [0.3, 0.4) is 0 Å². The molecule has 12 heavy (non-hydrogen) atoms. The minimum atomic E-state index is 0.576. The lowest BCUT2D eigenvalue weighted by molar-refractivity contribution is -0.644. The van der Waals surface area contributed by atoms with E-state index in [4.69, 9.17) is 23.2 Å². The molecule has 62 valence electrons. The van der Waals surface area contributed by atoms with Gasteiger partial charge in [-0.3, -0.25) is 0 Å². The number of aryl methyl sites for hydroxylation is 1. The third kappa shape index (κ3) is 1.08. The molecule has 1 aromatic heterocycles. The predicted molar refractivity (Wildman–Crippen MR) is 49.5 cm³/mol. The van der Waals surface area contributed by atoms with Gasteiger partial charge in [0.1, 0.15) is 0 Å². The first kappa shape index (κ1) is 7.90. The lowest BCUT2D eigenvalue weighted by atomic mass is 10.3. The van der Waals surface area contributed by atoms with Gasteiger partial charge in [-0.15, -0.1) is 0 Å². The van der Waals surface area contributed by atoms with Crippen molar-refractivity contribution in [3.05, 3.63) is 28.5 Å². The molecule has 0 saturated heterocycles. The number of aromatic nitrogens is 2. The average molecular weight is 202 g/mol. The van der Waals surface area contributed by atoms with E-state index in [1.54, 1.807) is 0 Å². The first-order valence-corrected chi connectivity index (χ1v) is 4.26. The number of H-pyrrole nitrogens is 1. The van der Waals surface area contributed by atoms with E-state index in [-0.39, 0.29) is 0 Å². The molecule has 4 heteroatoms. The molecule has 1 heterocycles. The Kier molecular flexibility index (Phi) is 1.74. The van der Waals surface area contributed by atoms with Crippen LogP contribution >= 0.6 is 23.2 Å². The normalized spacial score (nSPS) is 10.9. The average Bonchev–Trinajstić information content (AvgIpc) is 2.35. The van der Waals surface area contributed by atoms with Crippen molar-refractivity contribution in [3.63, 3.8) is 0 Å². The summed E-state index contributed by atoms with van der Waals surface area (Å²) in [5.41, 5.74) is 2.04. The van der Waals surface area contributed by atoms with E-state index in [9.17, 15) is 0 Å². The summed E-state index contributed by atoms with van der Waals surface area (Å²) in [4.78, 5) is 3.08. The van der Waals surface area contributed by atoms with Gasteiger partial charge in [-0.05, 0) is 0 Å². The molecule has 1 aromatic carbocycles. The molecule has 0 aliphatic heterocycles. The molecule has 0 atom stereocenters. The van der Waals surface area contributed by atoms with E-state index in [0.717, 1.165) is 11.0 Å². The second-order valence-electron chi connectivity index (χ2n) is 2.67. The van der Waals surface area contributed by atoms with Crippen molar-refractivity contribution in [2.75, 3.05) is 0 Å². The van der Waals surface area contributed by atoms with Gasteiger partial charge in [-0.1, -0.05) is 23.2 Å². The van der Waals surface area contributed by atoms with Crippen LogP contribution in [0.4, 0.5) is 0 Å². The second kappa shape index (κ2) is 2.64. The first-order valence-electron chi connectivity index (χ1n) is 3.50. The molecule has 2 nitrogen and oxygen atoms in total. The van der Waals surface area contributed by atoms with Crippen LogP contribution in [0, 0.1) is 0 Å². The van der Waals surface area contributed by atoms with Crippen molar-refractivity contribution >= 4 is 34.2 Å². The summed E-state index contributed by atoms with van der Waals surface area (Å²) in [6.07, 6.45) is 1.86. The van der Waals surface area contributed by atoms with E-state index >= 15 is 0 Å². The Hall–Kier alpha value is -0.730. The van der Waals surface area contributed by atoms with E-state index < -0.39 is 0 Å². The Morgan fingerprint density at radius 2 is 1.92 bits per heavy atom. The van der Waals surface area contributed by atoms with E-state index in [2.05, 4.69) is 4.98 Å². The smallest absolute Gasteiger partial charge is 0.242 e. The number of hydrogen-bond donors (Lipinski definition) is 1. The number of benzene rings is 1. The third-order valence-corrected chi connectivity index (χ3v) is 2.55. The monoisotopic (exact) mass is 201 g/mol. The van der Waals surface area contributed by atoms with Crippen molar-refractivity contribution in [1.82, 2.24) is 4.98 Å². The van der Waals surface area contributed by atoms with Crippen LogP contribution in [0.15, 0.2) is 18.5 Å². The highest BCUT2D eigenvalue weighted by Crippen LogP contribution is 2.24. The first-order chi connectivity index (χ1) is 5.68. The summed E-state index contributed by atoms with van der Waals surface area (Å²) < 4.78 is 1.96. The Morgan fingerprint density at radius 1 is 1.25 bits per heavy atom. The molecule has 0 fully saturated rings. The minimum Gasteiger partial charge on any atom is -0.243 e. The van der Waals surface area contributed by atoms with Crippen LogP contribution in [0.25, 0.3) is 11.0 Å². The summed E-state index contributed by atoms with van der Waals surface area (Å²) in [7, 11) is 1.95. The van der Waals surface area contributed by atoms with Crippen molar-refractivity contribution in [1.29, 1.82) is 0 Å². The van der Waals surface area contributed by atoms with Gasteiger partial charge in [0.05, 0.1) is 17.1 Å². The second-order valence-corrected chi connectivity index (χ2v) is 3.48. The molecule has 0 amide bonds. The largest absolute Gasteiger partial charge is 0.243 e. The highest BCUT2D eigenvalue weighted by atomic mass is 35.5. The van der Waals surface area contributed by atoms with Gasteiger partial charge in [0.15, 0.2) is 11.0 Å². The SMILES string of the molecule is C[n+]1c[nH]c2cc(Cl)c(Cl)cc21. The van der Waals surface area contributed by atoms with E-state index in [1.165, 1.54) is 0 Å². The zero-order chi connectivity index (χ0) is 8.72. The Balaban J connectivity index is 2.87. The van der Waals surface area contributed by atoms with Crippen LogP contribution in [-0.4, -0.2) is 4.98 Å². The standard InChI is InChI=1S/C8H6Cl2N2/c1-12-4-11-7-2-5(9)6(10)3-8(7)12/h2-4H,1H3/p+1. The van der Waals surface area contributed by atoms with Crippen molar-refractivity contribution < 1.29 is 4.57 Å². The quantitative estimate of drug-likeness (QED) is 0.632. The molecule has 0 spiro atoms. The van der Waals surface area contributed by atoms with Crippen molar-refractivity contribution in [2.24, 2.45) is 7.05 Å². The molecule has 0 radical (unpaired) electrons. The Labute approximate surface area is 79.7 Å². The van der Waals surface area contributed by atoms with Gasteiger partial charge < -0.3 is 0 Å². The zero-order valence-electron chi connectivity index (χ0n) is 6.44. The molecule has 0 aliphatic carbocycles. The lowest BCUT2D eigenvalue weighted by Crippen LogP contribution is -2.24. The van der Waals surface area contributed by atoms with Gasteiger partial charge in [0.2, 0.25) is 6.33 Å². The fourth-order valence-corrected chi connectivity index (χ4v) is 1.50. The fraction of sp³-hybridized carbons (Fsp3) is 0.125. The fourth-order valence-electron chi connectivity index (χ4n) is 1.18. The van der Waals surface area contributed by atoms with Gasteiger partial charge in [-0.2, -0.15) is 0 Å². The molecule has 0 aliphatic rings. The molecular formula is C8H7Cl2N2+. The number of fused-ring (bicyclic) bond motifs is 1. The van der Waals surface area contributed by atoms with Crippen LogP contribution in [0.5, 0.6) is 0 Å². The summed E-state index contributed by atoms with van der Waals surface area (Å²) in [6.45, 7) is 0. The van der Waals surface area contributed by atoms with Crippen LogP contribution in [0.2, 0.25) is 10.0 Å². The highest BCUT2D eigenvalue weighted by molar-refractivity contribution is 6.42. The molecule has 1 N–H and O–H groups in total. The summed E-state index contributed by atoms with van der Waals surface area (Å²) in [6, 6.07) is 3.66. The summed E-state index contributed by atoms with van der Waals surface area (Å²) in [5.74, 6) is 0. The molecule has 2 rings (SSSR count). The van der Waals surface area contributed by atoms with Gasteiger partial charge in [0, 0.05) is 12.1 Å². The topological polar surface area (TPSA) is 19.7 Å². The maximum atomic E-state index is 5.86. The number of aromatic amines is 1. The minimum absolute atomic E-state index is 0.576. The molecule has 2 aromatic rings. The van der Waals surface area contributed by atoms with Gasteiger partial charge in [0.25, 0.3) is 0 Å². The zero-order valence-corrected chi connectivity index (χ0v) is 7.95. The van der Waals surface area contributed by atoms with Crippen molar-refractivity contribution in [3.8, 4) is 0 Å². The summed E-state index contributed by atoms with van der Waals surface area (Å²) >= 11 is 11.7. The summed E-state index contributed by atoms with van der Waals surface area (Å²) in [5, 5.41) is 1.16. The van der Waals surface area contributed by atoms with Gasteiger partial charge >= 0.3 is 0 Å². The number of nitrogens with one attached hydrogen (secondary N) is 1. The third-order valence-electron chi connectivity index (χ3n) is 1.83.